The zero-order valence-electron chi connectivity index (χ0n) is 22.6. The molecular formula is C31H31NO7. The highest BCUT2D eigenvalue weighted by Crippen LogP contribution is 2.41. The number of esters is 1. The van der Waals surface area contributed by atoms with Crippen molar-refractivity contribution in [1.29, 1.82) is 0 Å². The standard InChI is InChI=1S/C31H31NO7/c1-18(2)39-31(36)21-11-9-20(10-12-21)17-32-27(22-8-6-7-19(3)15-22)26(29(34)30(32)35)28(33)23-13-14-24(37-4)25(16-23)38-5/h6-16,18,27,33H,17H2,1-5H3/b28-26-. The fourth-order valence-corrected chi connectivity index (χ4v) is 4.59. The predicted octanol–water partition coefficient (Wildman–Crippen LogP) is 5.20. The highest BCUT2D eigenvalue weighted by atomic mass is 16.5. The third-order valence-corrected chi connectivity index (χ3v) is 6.44. The Morgan fingerprint density at radius 2 is 1.59 bits per heavy atom. The average molecular weight is 530 g/mol. The summed E-state index contributed by atoms with van der Waals surface area (Å²) < 4.78 is 15.9. The van der Waals surface area contributed by atoms with Crippen LogP contribution in [0.4, 0.5) is 0 Å². The fourth-order valence-electron chi connectivity index (χ4n) is 4.59. The SMILES string of the molecule is COc1ccc(/C(O)=C2/C(=O)C(=O)N(Cc3ccc(C(=O)OC(C)C)cc3)C2c2cccc(C)c2)cc1OC. The number of aliphatic hydroxyl groups is 1. The van der Waals surface area contributed by atoms with Gasteiger partial charge in [-0.3, -0.25) is 9.59 Å². The number of rotatable bonds is 8. The topological polar surface area (TPSA) is 102 Å². The number of aryl methyl sites for hydroxylation is 1. The summed E-state index contributed by atoms with van der Waals surface area (Å²) in [4.78, 5) is 40.4. The smallest absolute Gasteiger partial charge is 0.338 e. The summed E-state index contributed by atoms with van der Waals surface area (Å²) in [6.07, 6.45) is -0.246. The second-order valence-corrected chi connectivity index (χ2v) is 9.56. The van der Waals surface area contributed by atoms with Gasteiger partial charge < -0.3 is 24.2 Å². The number of hydrogen-bond acceptors (Lipinski definition) is 7. The average Bonchev–Trinajstić information content (AvgIpc) is 3.17. The van der Waals surface area contributed by atoms with E-state index < -0.39 is 23.7 Å². The quantitative estimate of drug-likeness (QED) is 0.185. The molecule has 1 heterocycles. The van der Waals surface area contributed by atoms with Crippen LogP contribution in [0.2, 0.25) is 0 Å². The molecule has 4 rings (SSSR count). The Morgan fingerprint density at radius 1 is 0.923 bits per heavy atom. The van der Waals surface area contributed by atoms with Crippen molar-refractivity contribution in [3.63, 3.8) is 0 Å². The molecule has 8 heteroatoms. The van der Waals surface area contributed by atoms with Gasteiger partial charge in [-0.15, -0.1) is 0 Å². The van der Waals surface area contributed by atoms with Crippen molar-refractivity contribution >= 4 is 23.4 Å². The van der Waals surface area contributed by atoms with Crippen molar-refractivity contribution in [2.75, 3.05) is 14.2 Å². The number of carbonyl (C=O) groups is 3. The normalized spacial score (nSPS) is 16.5. The van der Waals surface area contributed by atoms with Gasteiger partial charge in [-0.25, -0.2) is 4.79 Å². The summed E-state index contributed by atoms with van der Waals surface area (Å²) in [6, 6.07) is 18.1. The van der Waals surface area contributed by atoms with Crippen LogP contribution in [0.25, 0.3) is 5.76 Å². The minimum absolute atomic E-state index is 0.0186. The molecule has 1 amide bonds. The van der Waals surface area contributed by atoms with E-state index in [9.17, 15) is 19.5 Å². The number of amides is 1. The maximum atomic E-state index is 13.4. The highest BCUT2D eigenvalue weighted by Gasteiger charge is 2.46. The van der Waals surface area contributed by atoms with Crippen LogP contribution in [-0.2, 0) is 20.9 Å². The van der Waals surface area contributed by atoms with E-state index in [1.807, 2.05) is 31.2 Å². The molecule has 1 aliphatic heterocycles. The second kappa shape index (κ2) is 11.4. The number of ketones is 1. The lowest BCUT2D eigenvalue weighted by atomic mass is 9.94. The summed E-state index contributed by atoms with van der Waals surface area (Å²) in [7, 11) is 2.97. The Hall–Kier alpha value is -4.59. The molecule has 1 fully saturated rings. The third-order valence-electron chi connectivity index (χ3n) is 6.44. The molecule has 0 aromatic heterocycles. The zero-order chi connectivity index (χ0) is 28.3. The number of nitrogens with zero attached hydrogens (tertiary/aromatic N) is 1. The largest absolute Gasteiger partial charge is 0.507 e. The molecule has 39 heavy (non-hydrogen) atoms. The summed E-state index contributed by atoms with van der Waals surface area (Å²) in [6.45, 7) is 5.55. The minimum atomic E-state index is -0.830. The van der Waals surface area contributed by atoms with Gasteiger partial charge in [-0.2, -0.15) is 0 Å². The van der Waals surface area contributed by atoms with Crippen LogP contribution >= 0.6 is 0 Å². The molecule has 8 nitrogen and oxygen atoms in total. The fraction of sp³-hybridized carbons (Fsp3) is 0.258. The van der Waals surface area contributed by atoms with Crippen LogP contribution in [0, 0.1) is 6.92 Å². The van der Waals surface area contributed by atoms with E-state index in [0.29, 0.717) is 33.8 Å². The maximum absolute atomic E-state index is 13.4. The molecule has 1 aliphatic rings. The molecule has 202 valence electrons. The number of hydrogen-bond donors (Lipinski definition) is 1. The molecule has 0 spiro atoms. The Balaban J connectivity index is 1.77. The van der Waals surface area contributed by atoms with Crippen molar-refractivity contribution in [2.24, 2.45) is 0 Å². The third kappa shape index (κ3) is 5.65. The lowest BCUT2D eigenvalue weighted by Crippen LogP contribution is -2.29. The van der Waals surface area contributed by atoms with E-state index in [4.69, 9.17) is 14.2 Å². The Bertz CT molecular complexity index is 1440. The highest BCUT2D eigenvalue weighted by molar-refractivity contribution is 6.46. The van der Waals surface area contributed by atoms with Crippen molar-refractivity contribution in [3.8, 4) is 11.5 Å². The lowest BCUT2D eigenvalue weighted by Gasteiger charge is -2.26. The molecule has 0 aliphatic carbocycles. The summed E-state index contributed by atoms with van der Waals surface area (Å²) >= 11 is 0. The van der Waals surface area contributed by atoms with Crippen molar-refractivity contribution in [2.45, 2.75) is 39.5 Å². The van der Waals surface area contributed by atoms with Crippen LogP contribution < -0.4 is 9.47 Å². The van der Waals surface area contributed by atoms with Crippen LogP contribution in [-0.4, -0.2) is 48.0 Å². The van der Waals surface area contributed by atoms with Crippen molar-refractivity contribution < 1.29 is 33.7 Å². The van der Waals surface area contributed by atoms with Gasteiger partial charge in [-0.1, -0.05) is 42.0 Å². The van der Waals surface area contributed by atoms with E-state index in [2.05, 4.69) is 0 Å². The summed E-state index contributed by atoms with van der Waals surface area (Å²) in [5.74, 6) is -1.43. The molecule has 1 atom stereocenters. The van der Waals surface area contributed by atoms with Crippen LogP contribution in [0.15, 0.2) is 72.3 Å². The number of Topliss-reactive ketones (excluding diaryl/α,β-unsaturated/α-hetero) is 1. The number of benzene rings is 3. The zero-order valence-corrected chi connectivity index (χ0v) is 22.6. The van der Waals surface area contributed by atoms with E-state index in [0.717, 1.165) is 5.56 Å². The predicted molar refractivity (Wildman–Crippen MR) is 146 cm³/mol. The Labute approximate surface area is 227 Å². The van der Waals surface area contributed by atoms with Crippen LogP contribution in [0.1, 0.15) is 52.5 Å². The van der Waals surface area contributed by atoms with Gasteiger partial charge >= 0.3 is 5.97 Å². The Morgan fingerprint density at radius 3 is 2.21 bits per heavy atom. The number of methoxy groups -OCH3 is 2. The van der Waals surface area contributed by atoms with Crippen molar-refractivity contribution in [1.82, 2.24) is 4.90 Å². The van der Waals surface area contributed by atoms with Gasteiger partial charge in [-0.05, 0) is 62.2 Å². The first-order valence-electron chi connectivity index (χ1n) is 12.5. The first-order valence-corrected chi connectivity index (χ1v) is 12.5. The van der Waals surface area contributed by atoms with E-state index in [1.165, 1.54) is 19.1 Å². The summed E-state index contributed by atoms with van der Waals surface area (Å²) in [5.41, 5.74) is 3.02. The van der Waals surface area contributed by atoms with E-state index in [1.54, 1.807) is 56.3 Å². The molecule has 3 aromatic rings. The molecule has 1 saturated heterocycles. The van der Waals surface area contributed by atoms with Gasteiger partial charge in [0.1, 0.15) is 5.76 Å². The van der Waals surface area contributed by atoms with Crippen molar-refractivity contribution in [3.05, 3.63) is 100 Å². The molecule has 1 unspecified atom stereocenters. The van der Waals surface area contributed by atoms with Gasteiger partial charge in [0.25, 0.3) is 11.7 Å². The van der Waals surface area contributed by atoms with E-state index in [-0.39, 0.29) is 24.0 Å². The molecule has 3 aromatic carbocycles. The van der Waals surface area contributed by atoms with E-state index >= 15 is 0 Å². The minimum Gasteiger partial charge on any atom is -0.507 e. The van der Waals surface area contributed by atoms with Crippen LogP contribution in [0.5, 0.6) is 11.5 Å². The number of ether oxygens (including phenoxy) is 3. The number of likely N-dealkylation sites (tertiary alicyclic amines) is 1. The van der Waals surface area contributed by atoms with Gasteiger partial charge in [0.15, 0.2) is 11.5 Å². The maximum Gasteiger partial charge on any atom is 0.338 e. The molecule has 0 radical (unpaired) electrons. The molecule has 0 saturated carbocycles. The summed E-state index contributed by atoms with van der Waals surface area (Å²) in [5, 5.41) is 11.4. The first-order chi connectivity index (χ1) is 18.6. The monoisotopic (exact) mass is 529 g/mol. The van der Waals surface area contributed by atoms with Crippen LogP contribution in [0.3, 0.4) is 0 Å². The molecule has 1 N–H and O–H groups in total. The van der Waals surface area contributed by atoms with Gasteiger partial charge in [0.2, 0.25) is 0 Å². The lowest BCUT2D eigenvalue weighted by molar-refractivity contribution is -0.140. The molecule has 0 bridgehead atoms. The van der Waals surface area contributed by atoms with Gasteiger partial charge in [0.05, 0.1) is 37.5 Å². The Kier molecular flexibility index (Phi) is 8.04. The number of carbonyl (C=O) groups excluding carboxylic acids is 3. The first kappa shape index (κ1) is 27.4. The van der Waals surface area contributed by atoms with Gasteiger partial charge in [0, 0.05) is 12.1 Å². The second-order valence-electron chi connectivity index (χ2n) is 9.56. The number of aliphatic hydroxyl groups excluding tert-OH is 1. The molecular weight excluding hydrogens is 498 g/mol.